The number of aryl methyl sites for hydroxylation is 2. The lowest BCUT2D eigenvalue weighted by Crippen LogP contribution is -2.23. The van der Waals surface area contributed by atoms with Gasteiger partial charge in [0.1, 0.15) is 0 Å². The molecule has 1 amide bonds. The fraction of sp³-hybridized carbons (Fsp3) is 0.235. The van der Waals surface area contributed by atoms with Crippen LogP contribution in [0.25, 0.3) is 0 Å². The van der Waals surface area contributed by atoms with Gasteiger partial charge in [0.25, 0.3) is 5.91 Å². The number of carbonyl (C=O) groups is 1. The van der Waals surface area contributed by atoms with Gasteiger partial charge in [0.15, 0.2) is 0 Å². The van der Waals surface area contributed by atoms with E-state index in [4.69, 9.17) is 0 Å². The quantitative estimate of drug-likeness (QED) is 0.884. The smallest absolute Gasteiger partial charge is 0.255 e. The van der Waals surface area contributed by atoms with E-state index in [1.54, 1.807) is 19.1 Å². The molecular formula is C17H20N2O3S. The molecule has 2 aromatic rings. The van der Waals surface area contributed by atoms with Crippen LogP contribution in [0.1, 0.15) is 28.4 Å². The van der Waals surface area contributed by atoms with E-state index in [0.717, 1.165) is 11.1 Å². The molecule has 0 aliphatic heterocycles. The van der Waals surface area contributed by atoms with Crippen LogP contribution in [0, 0.1) is 13.8 Å². The van der Waals surface area contributed by atoms with Gasteiger partial charge in [0, 0.05) is 17.8 Å². The summed E-state index contributed by atoms with van der Waals surface area (Å²) in [7, 11) is -3.58. The summed E-state index contributed by atoms with van der Waals surface area (Å²) in [5.41, 5.74) is 3.19. The van der Waals surface area contributed by atoms with E-state index in [1.807, 2.05) is 32.0 Å². The fourth-order valence-electron chi connectivity index (χ4n) is 2.10. The first-order valence-corrected chi connectivity index (χ1v) is 8.80. The summed E-state index contributed by atoms with van der Waals surface area (Å²) in [4.78, 5) is 12.4. The lowest BCUT2D eigenvalue weighted by atomic mass is 10.1. The van der Waals surface area contributed by atoms with Crippen LogP contribution in [0.4, 0.5) is 5.69 Å². The van der Waals surface area contributed by atoms with Gasteiger partial charge < -0.3 is 5.32 Å². The molecule has 0 saturated heterocycles. The number of hydrogen-bond donors (Lipinski definition) is 2. The summed E-state index contributed by atoms with van der Waals surface area (Å²) in [5, 5.41) is 2.78. The first kappa shape index (κ1) is 17.2. The zero-order valence-corrected chi connectivity index (χ0v) is 14.2. The number of amides is 1. The minimum atomic E-state index is -3.58. The number of carbonyl (C=O) groups excluding carboxylic acids is 1. The highest BCUT2D eigenvalue weighted by atomic mass is 32.2. The van der Waals surface area contributed by atoms with Gasteiger partial charge in [0.05, 0.1) is 4.90 Å². The maximum atomic E-state index is 12.3. The van der Waals surface area contributed by atoms with E-state index in [9.17, 15) is 13.2 Å². The molecule has 0 spiro atoms. The Hall–Kier alpha value is -2.18. The minimum absolute atomic E-state index is 0.0760. The largest absolute Gasteiger partial charge is 0.322 e. The van der Waals surface area contributed by atoms with E-state index >= 15 is 0 Å². The molecule has 0 bridgehead atoms. The Bertz CT molecular complexity index is 829. The van der Waals surface area contributed by atoms with Crippen molar-refractivity contribution in [3.05, 3.63) is 59.2 Å². The van der Waals surface area contributed by atoms with E-state index in [-0.39, 0.29) is 10.8 Å². The van der Waals surface area contributed by atoms with Crippen LogP contribution in [0.2, 0.25) is 0 Å². The highest BCUT2D eigenvalue weighted by Crippen LogP contribution is 2.17. The second-order valence-corrected chi connectivity index (χ2v) is 7.05. The highest BCUT2D eigenvalue weighted by Gasteiger charge is 2.15. The molecule has 0 saturated carbocycles. The molecule has 2 rings (SSSR count). The number of rotatable bonds is 5. The van der Waals surface area contributed by atoms with Crippen molar-refractivity contribution in [3.63, 3.8) is 0 Å². The van der Waals surface area contributed by atoms with E-state index in [0.29, 0.717) is 17.8 Å². The molecular weight excluding hydrogens is 312 g/mol. The molecule has 0 unspecified atom stereocenters. The van der Waals surface area contributed by atoms with Gasteiger partial charge in [-0.3, -0.25) is 4.79 Å². The summed E-state index contributed by atoms with van der Waals surface area (Å²) in [6, 6.07) is 11.6. The molecule has 6 heteroatoms. The number of anilines is 1. The first-order chi connectivity index (χ1) is 10.8. The van der Waals surface area contributed by atoms with Gasteiger partial charge in [-0.15, -0.1) is 0 Å². The minimum Gasteiger partial charge on any atom is -0.322 e. The molecule has 0 aliphatic rings. The van der Waals surface area contributed by atoms with Crippen LogP contribution in [0.15, 0.2) is 47.4 Å². The molecule has 23 heavy (non-hydrogen) atoms. The predicted molar refractivity (Wildman–Crippen MR) is 91.2 cm³/mol. The van der Waals surface area contributed by atoms with Crippen molar-refractivity contribution < 1.29 is 13.2 Å². The van der Waals surface area contributed by atoms with Gasteiger partial charge in [-0.1, -0.05) is 19.1 Å². The third kappa shape index (κ3) is 4.18. The second kappa shape index (κ2) is 6.93. The van der Waals surface area contributed by atoms with E-state index in [2.05, 4.69) is 10.0 Å². The average Bonchev–Trinajstić information content (AvgIpc) is 2.51. The monoisotopic (exact) mass is 332 g/mol. The number of hydrogen-bond acceptors (Lipinski definition) is 3. The highest BCUT2D eigenvalue weighted by molar-refractivity contribution is 7.89. The summed E-state index contributed by atoms with van der Waals surface area (Å²) < 4.78 is 26.4. The van der Waals surface area contributed by atoms with Crippen LogP contribution in [0.5, 0.6) is 0 Å². The topological polar surface area (TPSA) is 75.3 Å². The maximum Gasteiger partial charge on any atom is 0.255 e. The Kier molecular flexibility index (Phi) is 5.18. The van der Waals surface area contributed by atoms with Crippen LogP contribution in [-0.2, 0) is 10.0 Å². The number of nitrogens with one attached hydrogen (secondary N) is 2. The summed E-state index contributed by atoms with van der Waals surface area (Å²) in [5.74, 6) is -0.346. The van der Waals surface area contributed by atoms with Gasteiger partial charge in [0.2, 0.25) is 10.0 Å². The lowest BCUT2D eigenvalue weighted by molar-refractivity contribution is 0.102. The van der Waals surface area contributed by atoms with Crippen molar-refractivity contribution >= 4 is 21.6 Å². The van der Waals surface area contributed by atoms with Crippen molar-refractivity contribution in [3.8, 4) is 0 Å². The van der Waals surface area contributed by atoms with E-state index < -0.39 is 10.0 Å². The average molecular weight is 332 g/mol. The number of benzene rings is 2. The molecule has 0 atom stereocenters. The Morgan fingerprint density at radius 1 is 1.04 bits per heavy atom. The van der Waals surface area contributed by atoms with Crippen LogP contribution in [-0.4, -0.2) is 20.9 Å². The zero-order chi connectivity index (χ0) is 17.0. The van der Waals surface area contributed by atoms with Crippen molar-refractivity contribution in [2.45, 2.75) is 25.7 Å². The normalized spacial score (nSPS) is 11.3. The standard InChI is InChI=1S/C17H20N2O3S/c1-4-18-23(21,22)16-7-5-6-14(11-16)17(20)19-15-9-8-12(2)13(3)10-15/h5-11,18H,4H2,1-3H3,(H,19,20). The Labute approximate surface area is 136 Å². The van der Waals surface area contributed by atoms with Crippen LogP contribution < -0.4 is 10.0 Å². The third-order valence-electron chi connectivity index (χ3n) is 3.51. The summed E-state index contributed by atoms with van der Waals surface area (Å²) in [6.45, 7) is 5.96. The summed E-state index contributed by atoms with van der Waals surface area (Å²) in [6.07, 6.45) is 0. The molecule has 2 N–H and O–H groups in total. The van der Waals surface area contributed by atoms with E-state index in [1.165, 1.54) is 12.1 Å². The lowest BCUT2D eigenvalue weighted by Gasteiger charge is -2.09. The van der Waals surface area contributed by atoms with Crippen molar-refractivity contribution in [1.29, 1.82) is 0 Å². The predicted octanol–water partition coefficient (Wildman–Crippen LogP) is 2.85. The SMILES string of the molecule is CCNS(=O)(=O)c1cccc(C(=O)Nc2ccc(C)c(C)c2)c1. The summed E-state index contributed by atoms with van der Waals surface area (Å²) >= 11 is 0. The molecule has 0 aliphatic carbocycles. The first-order valence-electron chi connectivity index (χ1n) is 7.32. The Morgan fingerprint density at radius 3 is 2.43 bits per heavy atom. The third-order valence-corrected chi connectivity index (χ3v) is 5.05. The second-order valence-electron chi connectivity index (χ2n) is 5.28. The molecule has 0 aromatic heterocycles. The van der Waals surface area contributed by atoms with Crippen molar-refractivity contribution in [1.82, 2.24) is 4.72 Å². The molecule has 0 radical (unpaired) electrons. The molecule has 5 nitrogen and oxygen atoms in total. The van der Waals surface area contributed by atoms with Crippen molar-refractivity contribution in [2.24, 2.45) is 0 Å². The maximum absolute atomic E-state index is 12.3. The van der Waals surface area contributed by atoms with Crippen LogP contribution in [0.3, 0.4) is 0 Å². The van der Waals surface area contributed by atoms with Crippen LogP contribution >= 0.6 is 0 Å². The van der Waals surface area contributed by atoms with Gasteiger partial charge in [-0.25, -0.2) is 13.1 Å². The molecule has 2 aromatic carbocycles. The Balaban J connectivity index is 2.24. The molecule has 122 valence electrons. The number of sulfonamides is 1. The zero-order valence-electron chi connectivity index (χ0n) is 13.4. The van der Waals surface area contributed by atoms with Crippen molar-refractivity contribution in [2.75, 3.05) is 11.9 Å². The van der Waals surface area contributed by atoms with Gasteiger partial charge in [-0.2, -0.15) is 0 Å². The van der Waals surface area contributed by atoms with Gasteiger partial charge >= 0.3 is 0 Å². The fourth-order valence-corrected chi connectivity index (χ4v) is 3.19. The Morgan fingerprint density at radius 2 is 1.78 bits per heavy atom. The molecule has 0 fully saturated rings. The van der Waals surface area contributed by atoms with Gasteiger partial charge in [-0.05, 0) is 55.3 Å². The molecule has 0 heterocycles.